The maximum absolute atomic E-state index is 9.46. The molecule has 5 atom stereocenters. The van der Waals surface area contributed by atoms with Crippen molar-refractivity contribution in [3.63, 3.8) is 0 Å². The first-order chi connectivity index (χ1) is 15.6. The van der Waals surface area contributed by atoms with Gasteiger partial charge >= 0.3 is 0 Å². The van der Waals surface area contributed by atoms with E-state index >= 15 is 0 Å². The first-order valence-electron chi connectivity index (χ1n) is 12.2. The number of hydrogen-bond acceptors (Lipinski definition) is 4. The molecule has 2 bridgehead atoms. The second kappa shape index (κ2) is 6.32. The minimum atomic E-state index is -0.234. The van der Waals surface area contributed by atoms with Crippen LogP contribution in [0.5, 0.6) is 0 Å². The average Bonchev–Trinajstić information content (AvgIpc) is 3.33. The molecule has 1 saturated heterocycles. The first kappa shape index (κ1) is 19.0. The predicted octanol–water partition coefficient (Wildman–Crippen LogP) is 6.31. The van der Waals surface area contributed by atoms with Gasteiger partial charge in [-0.05, 0) is 96.4 Å². The highest BCUT2D eigenvalue weighted by Crippen LogP contribution is 2.69. The van der Waals surface area contributed by atoms with Crippen molar-refractivity contribution in [2.24, 2.45) is 16.5 Å². The first-order valence-corrected chi connectivity index (χ1v) is 12.2. The minimum absolute atomic E-state index is 0.165. The molecule has 4 nitrogen and oxygen atoms in total. The van der Waals surface area contributed by atoms with Gasteiger partial charge in [0.2, 0.25) is 0 Å². The molecule has 2 spiro atoms. The van der Waals surface area contributed by atoms with Crippen LogP contribution in [0.3, 0.4) is 0 Å². The van der Waals surface area contributed by atoms with Crippen LogP contribution in [-0.4, -0.2) is 27.1 Å². The summed E-state index contributed by atoms with van der Waals surface area (Å²) in [4.78, 5) is 4.35. The summed E-state index contributed by atoms with van der Waals surface area (Å²) in [5, 5.41) is 15.6. The number of allylic oxidation sites excluding steroid dienone is 1. The molecule has 3 fully saturated rings. The maximum Gasteiger partial charge on any atom is 0.0975 e. The van der Waals surface area contributed by atoms with Gasteiger partial charge in [-0.25, -0.2) is 0 Å². The van der Waals surface area contributed by atoms with E-state index in [2.05, 4.69) is 53.5 Å². The van der Waals surface area contributed by atoms with Crippen LogP contribution in [0, 0.1) is 11.3 Å². The molecule has 0 amide bonds. The topological polar surface area (TPSA) is 54.7 Å². The standard InChI is InChI=1S/C28H30N2O2/c1-26-10-8-22-15-21-4-5-23(30-31)16-27(21)11-12-28(22,32-27)25(26)7-6-24(26)19-3-2-18-9-13-29-17-20(18)14-19/h2-3,8-9,13-15,17,24-25,31H,4-7,10-12,16H2,1H3/t24-,25-,26-,27-,28-/m1/s1. The lowest BCUT2D eigenvalue weighted by Crippen LogP contribution is -2.53. The number of pyridine rings is 1. The molecule has 5 aliphatic rings. The summed E-state index contributed by atoms with van der Waals surface area (Å²) in [7, 11) is 0. The zero-order chi connectivity index (χ0) is 21.6. The third-order valence-electron chi connectivity index (χ3n) is 9.72. The predicted molar refractivity (Wildman–Crippen MR) is 125 cm³/mol. The third-order valence-corrected chi connectivity index (χ3v) is 9.72. The summed E-state index contributed by atoms with van der Waals surface area (Å²) in [5.41, 5.74) is 5.03. The van der Waals surface area contributed by atoms with E-state index < -0.39 is 0 Å². The van der Waals surface area contributed by atoms with Crippen molar-refractivity contribution >= 4 is 16.5 Å². The van der Waals surface area contributed by atoms with E-state index in [4.69, 9.17) is 4.74 Å². The van der Waals surface area contributed by atoms with Crippen LogP contribution in [-0.2, 0) is 4.74 Å². The monoisotopic (exact) mass is 426 g/mol. The zero-order valence-corrected chi connectivity index (χ0v) is 18.7. The van der Waals surface area contributed by atoms with Crippen molar-refractivity contribution < 1.29 is 9.94 Å². The van der Waals surface area contributed by atoms with Crippen molar-refractivity contribution in [3.05, 3.63) is 65.5 Å². The summed E-state index contributed by atoms with van der Waals surface area (Å²) in [5.74, 6) is 1.06. The van der Waals surface area contributed by atoms with Crippen LogP contribution >= 0.6 is 0 Å². The summed E-state index contributed by atoms with van der Waals surface area (Å²) in [6.07, 6.45) is 17.1. The van der Waals surface area contributed by atoms with E-state index in [9.17, 15) is 5.21 Å². The molecular weight excluding hydrogens is 396 g/mol. The summed E-state index contributed by atoms with van der Waals surface area (Å²) in [6, 6.07) is 9.08. The number of benzene rings is 1. The molecule has 2 aliphatic heterocycles. The Morgan fingerprint density at radius 1 is 1.12 bits per heavy atom. The highest BCUT2D eigenvalue weighted by Gasteiger charge is 2.66. The lowest BCUT2D eigenvalue weighted by atomic mass is 9.58. The Bertz CT molecular complexity index is 1230. The van der Waals surface area contributed by atoms with E-state index in [-0.39, 0.29) is 16.6 Å². The number of aromatic nitrogens is 1. The van der Waals surface area contributed by atoms with Gasteiger partial charge in [0.05, 0.1) is 16.9 Å². The summed E-state index contributed by atoms with van der Waals surface area (Å²) >= 11 is 0. The van der Waals surface area contributed by atoms with Crippen molar-refractivity contribution in [1.29, 1.82) is 0 Å². The van der Waals surface area contributed by atoms with Crippen molar-refractivity contribution in [3.8, 4) is 0 Å². The third kappa shape index (κ3) is 2.31. The lowest BCUT2D eigenvalue weighted by Gasteiger charge is -2.54. The molecule has 3 heterocycles. The van der Waals surface area contributed by atoms with E-state index in [1.54, 1.807) is 0 Å². The number of hydrogen-bond donors (Lipinski definition) is 1. The van der Waals surface area contributed by atoms with E-state index in [1.165, 1.54) is 40.3 Å². The number of rotatable bonds is 1. The Hall–Kier alpha value is -2.46. The van der Waals surface area contributed by atoms with E-state index in [0.717, 1.165) is 44.2 Å². The average molecular weight is 427 g/mol. The van der Waals surface area contributed by atoms with Crippen LogP contribution in [0.15, 0.2) is 65.1 Å². The molecule has 4 heteroatoms. The molecule has 1 aromatic carbocycles. The quantitative estimate of drug-likeness (QED) is 0.430. The van der Waals surface area contributed by atoms with Crippen LogP contribution in [0.25, 0.3) is 10.8 Å². The van der Waals surface area contributed by atoms with Gasteiger partial charge in [0, 0.05) is 24.2 Å². The van der Waals surface area contributed by atoms with Gasteiger partial charge in [0.1, 0.15) is 0 Å². The van der Waals surface area contributed by atoms with Gasteiger partial charge in [-0.1, -0.05) is 36.4 Å². The maximum atomic E-state index is 9.46. The van der Waals surface area contributed by atoms with Crippen molar-refractivity contribution in [2.75, 3.05) is 0 Å². The molecule has 1 N–H and O–H groups in total. The molecule has 2 aromatic rings. The van der Waals surface area contributed by atoms with Crippen LogP contribution < -0.4 is 0 Å². The summed E-state index contributed by atoms with van der Waals surface area (Å²) < 4.78 is 7.21. The molecule has 3 aliphatic carbocycles. The zero-order valence-electron chi connectivity index (χ0n) is 18.7. The largest absolute Gasteiger partial charge is 0.411 e. The van der Waals surface area contributed by atoms with E-state index in [0.29, 0.717) is 11.8 Å². The van der Waals surface area contributed by atoms with Gasteiger partial charge in [0.25, 0.3) is 0 Å². The lowest BCUT2D eigenvalue weighted by molar-refractivity contribution is -0.126. The highest BCUT2D eigenvalue weighted by atomic mass is 16.5. The molecule has 0 unspecified atom stereocenters. The molecule has 32 heavy (non-hydrogen) atoms. The molecular formula is C28H30N2O2. The highest BCUT2D eigenvalue weighted by molar-refractivity contribution is 5.87. The van der Waals surface area contributed by atoms with Crippen LogP contribution in [0.2, 0.25) is 0 Å². The minimum Gasteiger partial charge on any atom is -0.411 e. The van der Waals surface area contributed by atoms with E-state index in [1.807, 2.05) is 12.4 Å². The Balaban J connectivity index is 1.30. The SMILES string of the molecule is C[C@]12CC=C3C=C4CCC(=NO)C[C@]45CC[C@]3(O5)[C@@H]1CC[C@@H]2c1ccc2ccncc2c1. The van der Waals surface area contributed by atoms with Crippen LogP contribution in [0.4, 0.5) is 0 Å². The second-order valence-corrected chi connectivity index (χ2v) is 11.0. The molecule has 164 valence electrons. The second-order valence-electron chi connectivity index (χ2n) is 11.0. The summed E-state index contributed by atoms with van der Waals surface area (Å²) in [6.45, 7) is 2.51. The fourth-order valence-electron chi connectivity index (χ4n) is 8.19. The Kier molecular flexibility index (Phi) is 3.76. The van der Waals surface area contributed by atoms with Gasteiger partial charge < -0.3 is 9.94 Å². The molecule has 7 rings (SSSR count). The van der Waals surface area contributed by atoms with Crippen molar-refractivity contribution in [2.45, 2.75) is 75.4 Å². The van der Waals surface area contributed by atoms with Gasteiger partial charge in [0.15, 0.2) is 0 Å². The number of nitrogens with zero attached hydrogens (tertiary/aromatic N) is 2. The number of fused-ring (bicyclic) bond motifs is 2. The smallest absolute Gasteiger partial charge is 0.0975 e. The van der Waals surface area contributed by atoms with Gasteiger partial charge in [-0.15, -0.1) is 0 Å². The Labute approximate surface area is 189 Å². The molecule has 0 radical (unpaired) electrons. The van der Waals surface area contributed by atoms with Gasteiger partial charge in [-0.2, -0.15) is 0 Å². The van der Waals surface area contributed by atoms with Crippen LogP contribution in [0.1, 0.15) is 69.8 Å². The van der Waals surface area contributed by atoms with Gasteiger partial charge in [-0.3, -0.25) is 4.98 Å². The normalized spacial score (nSPS) is 41.1. The number of ether oxygens (including phenoxy) is 1. The molecule has 2 saturated carbocycles. The molecule has 1 aromatic heterocycles. The van der Waals surface area contributed by atoms with Crippen molar-refractivity contribution in [1.82, 2.24) is 4.98 Å². The fourth-order valence-corrected chi connectivity index (χ4v) is 8.19. The fraction of sp³-hybridized carbons (Fsp3) is 0.500. The Morgan fingerprint density at radius 2 is 2.06 bits per heavy atom. The number of oxime groups is 1. The Morgan fingerprint density at radius 3 is 2.97 bits per heavy atom.